The molecule has 0 saturated heterocycles. The lowest BCUT2D eigenvalue weighted by atomic mass is 10.0. The molecule has 0 fully saturated rings. The first-order valence-corrected chi connectivity index (χ1v) is 8.17. The smallest absolute Gasteiger partial charge is 0.230 e. The SMILES string of the molecule is CC(C)c1cnc(NC(=O)Cc2cccc3ccccc23)s1. The van der Waals surface area contributed by atoms with Crippen LogP contribution < -0.4 is 5.32 Å². The molecule has 1 heterocycles. The number of thiazole rings is 1. The lowest BCUT2D eigenvalue weighted by Gasteiger charge is -2.06. The first kappa shape index (κ1) is 14.7. The lowest BCUT2D eigenvalue weighted by molar-refractivity contribution is -0.115. The molecule has 112 valence electrons. The second-order valence-electron chi connectivity index (χ2n) is 5.59. The molecule has 0 aliphatic heterocycles. The van der Waals surface area contributed by atoms with Crippen molar-refractivity contribution in [3.63, 3.8) is 0 Å². The number of benzene rings is 2. The van der Waals surface area contributed by atoms with Gasteiger partial charge in [-0.1, -0.05) is 56.3 Å². The molecule has 3 rings (SSSR count). The summed E-state index contributed by atoms with van der Waals surface area (Å²) in [5, 5.41) is 5.86. The van der Waals surface area contributed by atoms with Crippen molar-refractivity contribution in [2.24, 2.45) is 0 Å². The number of carbonyl (C=O) groups is 1. The molecule has 0 saturated carbocycles. The minimum Gasteiger partial charge on any atom is -0.302 e. The predicted molar refractivity (Wildman–Crippen MR) is 92.5 cm³/mol. The van der Waals surface area contributed by atoms with E-state index < -0.39 is 0 Å². The van der Waals surface area contributed by atoms with Gasteiger partial charge in [-0.25, -0.2) is 4.98 Å². The van der Waals surface area contributed by atoms with Crippen molar-refractivity contribution >= 4 is 33.1 Å². The van der Waals surface area contributed by atoms with Crippen molar-refractivity contribution in [3.05, 3.63) is 59.1 Å². The molecule has 3 aromatic rings. The Morgan fingerprint density at radius 1 is 1.18 bits per heavy atom. The number of aromatic nitrogens is 1. The van der Waals surface area contributed by atoms with Crippen LogP contribution in [0.2, 0.25) is 0 Å². The highest BCUT2D eigenvalue weighted by molar-refractivity contribution is 7.15. The Balaban J connectivity index is 1.75. The molecular weight excluding hydrogens is 292 g/mol. The fraction of sp³-hybridized carbons (Fsp3) is 0.222. The van der Waals surface area contributed by atoms with Gasteiger partial charge >= 0.3 is 0 Å². The fourth-order valence-electron chi connectivity index (χ4n) is 2.39. The van der Waals surface area contributed by atoms with Crippen molar-refractivity contribution in [3.8, 4) is 0 Å². The molecule has 0 unspecified atom stereocenters. The van der Waals surface area contributed by atoms with Gasteiger partial charge in [0.25, 0.3) is 0 Å². The molecule has 22 heavy (non-hydrogen) atoms. The summed E-state index contributed by atoms with van der Waals surface area (Å²) in [6.45, 7) is 4.24. The van der Waals surface area contributed by atoms with Crippen molar-refractivity contribution in [1.29, 1.82) is 0 Å². The van der Waals surface area contributed by atoms with Gasteiger partial charge in [0, 0.05) is 11.1 Å². The van der Waals surface area contributed by atoms with Crippen LogP contribution in [0.3, 0.4) is 0 Å². The number of nitrogens with one attached hydrogen (secondary N) is 1. The summed E-state index contributed by atoms with van der Waals surface area (Å²) >= 11 is 1.54. The number of carbonyl (C=O) groups excluding carboxylic acids is 1. The van der Waals surface area contributed by atoms with Gasteiger partial charge < -0.3 is 5.32 Å². The summed E-state index contributed by atoms with van der Waals surface area (Å²) in [6, 6.07) is 14.2. The van der Waals surface area contributed by atoms with Crippen molar-refractivity contribution in [2.75, 3.05) is 5.32 Å². The number of hydrogen-bond acceptors (Lipinski definition) is 3. The van der Waals surface area contributed by atoms with Crippen molar-refractivity contribution in [1.82, 2.24) is 4.98 Å². The summed E-state index contributed by atoms with van der Waals surface area (Å²) < 4.78 is 0. The molecule has 1 aromatic heterocycles. The molecule has 3 nitrogen and oxygen atoms in total. The maximum Gasteiger partial charge on any atom is 0.230 e. The van der Waals surface area contributed by atoms with Crippen LogP contribution in [0, 0.1) is 0 Å². The molecule has 1 amide bonds. The second kappa shape index (κ2) is 6.28. The third kappa shape index (κ3) is 3.17. The predicted octanol–water partition coefficient (Wildman–Crippen LogP) is 4.60. The minimum atomic E-state index is -0.0268. The van der Waals surface area contributed by atoms with Gasteiger partial charge in [-0.05, 0) is 22.3 Å². The number of hydrogen-bond donors (Lipinski definition) is 1. The Hall–Kier alpha value is -2.20. The third-order valence-corrected chi connectivity index (χ3v) is 4.78. The van der Waals surface area contributed by atoms with Gasteiger partial charge in [0.2, 0.25) is 5.91 Å². The highest BCUT2D eigenvalue weighted by atomic mass is 32.1. The number of rotatable bonds is 4. The van der Waals surface area contributed by atoms with Gasteiger partial charge in [-0.15, -0.1) is 11.3 Å². The Kier molecular flexibility index (Phi) is 4.20. The summed E-state index contributed by atoms with van der Waals surface area (Å²) in [5.41, 5.74) is 1.04. The molecule has 0 aliphatic rings. The number of nitrogens with zero attached hydrogens (tertiary/aromatic N) is 1. The van der Waals surface area contributed by atoms with Gasteiger partial charge in [-0.2, -0.15) is 0 Å². The van der Waals surface area contributed by atoms with Gasteiger partial charge in [0.15, 0.2) is 5.13 Å². The largest absolute Gasteiger partial charge is 0.302 e. The first-order chi connectivity index (χ1) is 10.6. The average molecular weight is 310 g/mol. The number of fused-ring (bicyclic) bond motifs is 1. The van der Waals surface area contributed by atoms with E-state index in [0.717, 1.165) is 16.3 Å². The standard InChI is InChI=1S/C18H18N2OS/c1-12(2)16-11-19-18(22-16)20-17(21)10-14-8-5-7-13-6-3-4-9-15(13)14/h3-9,11-12H,10H2,1-2H3,(H,19,20,21). The van der Waals surface area contributed by atoms with E-state index in [2.05, 4.69) is 42.3 Å². The maximum absolute atomic E-state index is 12.3. The molecule has 0 radical (unpaired) electrons. The fourth-order valence-corrected chi connectivity index (χ4v) is 3.23. The summed E-state index contributed by atoms with van der Waals surface area (Å²) in [4.78, 5) is 17.7. The van der Waals surface area contributed by atoms with Crippen LogP contribution in [-0.2, 0) is 11.2 Å². The van der Waals surface area contributed by atoms with Crippen LogP contribution in [0.1, 0.15) is 30.2 Å². The monoisotopic (exact) mass is 310 g/mol. The molecule has 0 bridgehead atoms. The van der Waals surface area contributed by atoms with Gasteiger partial charge in [0.05, 0.1) is 6.42 Å². The number of amides is 1. The second-order valence-corrected chi connectivity index (χ2v) is 6.65. The highest BCUT2D eigenvalue weighted by Crippen LogP contribution is 2.25. The topological polar surface area (TPSA) is 42.0 Å². The van der Waals surface area contributed by atoms with Crippen LogP contribution in [-0.4, -0.2) is 10.9 Å². The van der Waals surface area contributed by atoms with Crippen LogP contribution in [0.5, 0.6) is 0 Å². The van der Waals surface area contributed by atoms with Crippen LogP contribution in [0.4, 0.5) is 5.13 Å². The summed E-state index contributed by atoms with van der Waals surface area (Å²) in [7, 11) is 0. The number of anilines is 1. The van der Waals surface area contributed by atoms with Crippen LogP contribution in [0.15, 0.2) is 48.7 Å². The van der Waals surface area contributed by atoms with E-state index in [-0.39, 0.29) is 5.91 Å². The maximum atomic E-state index is 12.3. The Bertz CT molecular complexity index is 802. The van der Waals surface area contributed by atoms with E-state index in [1.165, 1.54) is 4.88 Å². The van der Waals surface area contributed by atoms with Crippen LogP contribution in [0.25, 0.3) is 10.8 Å². The Labute approximate surface area is 134 Å². The van der Waals surface area contributed by atoms with Gasteiger partial charge in [0.1, 0.15) is 0 Å². The summed E-state index contributed by atoms with van der Waals surface area (Å²) in [6.07, 6.45) is 2.20. The molecule has 4 heteroatoms. The zero-order chi connectivity index (χ0) is 15.5. The lowest BCUT2D eigenvalue weighted by Crippen LogP contribution is -2.14. The molecular formula is C18H18N2OS. The average Bonchev–Trinajstić information content (AvgIpc) is 2.96. The van der Waals surface area contributed by atoms with Crippen LogP contribution >= 0.6 is 11.3 Å². The van der Waals surface area contributed by atoms with Crippen molar-refractivity contribution < 1.29 is 4.79 Å². The molecule has 0 spiro atoms. The highest BCUT2D eigenvalue weighted by Gasteiger charge is 2.10. The Morgan fingerprint density at radius 3 is 2.73 bits per heavy atom. The molecule has 0 aliphatic carbocycles. The normalized spacial score (nSPS) is 11.0. The van der Waals surface area contributed by atoms with Crippen molar-refractivity contribution in [2.45, 2.75) is 26.2 Å². The zero-order valence-electron chi connectivity index (χ0n) is 12.7. The first-order valence-electron chi connectivity index (χ1n) is 7.35. The van der Waals surface area contributed by atoms with E-state index in [1.807, 2.05) is 30.5 Å². The Morgan fingerprint density at radius 2 is 1.95 bits per heavy atom. The van der Waals surface area contributed by atoms with Gasteiger partial charge in [-0.3, -0.25) is 4.79 Å². The summed E-state index contributed by atoms with van der Waals surface area (Å²) in [5.74, 6) is 0.405. The molecule has 0 atom stereocenters. The van der Waals surface area contributed by atoms with E-state index in [1.54, 1.807) is 11.3 Å². The molecule has 2 aromatic carbocycles. The zero-order valence-corrected chi connectivity index (χ0v) is 13.5. The van der Waals surface area contributed by atoms with E-state index >= 15 is 0 Å². The van der Waals surface area contributed by atoms with E-state index in [4.69, 9.17) is 0 Å². The minimum absolute atomic E-state index is 0.0268. The molecule has 1 N–H and O–H groups in total. The van der Waals surface area contributed by atoms with E-state index in [0.29, 0.717) is 17.5 Å². The van der Waals surface area contributed by atoms with E-state index in [9.17, 15) is 4.79 Å². The third-order valence-electron chi connectivity index (χ3n) is 3.57. The quantitative estimate of drug-likeness (QED) is 0.765.